The molecule has 20 nitrogen and oxygen atoms in total. The molecule has 2 aromatic carbocycles. The molecular formula is C41H59N11O9. The fourth-order valence-corrected chi connectivity index (χ4v) is 6.50. The topological polar surface area (TPSA) is 349 Å². The molecule has 20 heteroatoms. The highest BCUT2D eigenvalue weighted by Crippen LogP contribution is 2.20. The summed E-state index contributed by atoms with van der Waals surface area (Å²) in [5, 5.41) is 26.0. The Morgan fingerprint density at radius 1 is 0.639 bits per heavy atom. The summed E-state index contributed by atoms with van der Waals surface area (Å²) in [5.74, 6) is -5.71. The van der Waals surface area contributed by atoms with E-state index in [-0.39, 0.29) is 44.3 Å². The Balaban J connectivity index is 1.84. The summed E-state index contributed by atoms with van der Waals surface area (Å²) < 4.78 is 0. The van der Waals surface area contributed by atoms with Gasteiger partial charge in [0.15, 0.2) is 0 Å². The van der Waals surface area contributed by atoms with Crippen LogP contribution in [0.5, 0.6) is 5.75 Å². The third-order valence-corrected chi connectivity index (χ3v) is 9.74. The molecule has 0 fully saturated rings. The minimum atomic E-state index is -1.28. The van der Waals surface area contributed by atoms with E-state index in [4.69, 9.17) is 22.9 Å². The van der Waals surface area contributed by atoms with E-state index in [1.807, 2.05) is 24.3 Å². The summed E-state index contributed by atoms with van der Waals surface area (Å²) in [6, 6.07) is 7.38. The summed E-state index contributed by atoms with van der Waals surface area (Å²) >= 11 is 0. The van der Waals surface area contributed by atoms with Gasteiger partial charge in [0.25, 0.3) is 0 Å². The van der Waals surface area contributed by atoms with Crippen molar-refractivity contribution in [3.05, 3.63) is 65.9 Å². The Kier molecular flexibility index (Phi) is 20.1. The Morgan fingerprint density at radius 2 is 1.20 bits per heavy atom. The number of aromatic hydroxyl groups is 1. The van der Waals surface area contributed by atoms with E-state index in [1.165, 1.54) is 19.1 Å². The van der Waals surface area contributed by atoms with Crippen molar-refractivity contribution in [3.63, 3.8) is 0 Å². The fraction of sp³-hybridized carbons (Fsp3) is 0.463. The molecule has 3 aromatic rings. The lowest BCUT2D eigenvalue weighted by molar-refractivity contribution is -0.134. The van der Waals surface area contributed by atoms with Crippen molar-refractivity contribution >= 4 is 58.2 Å². The van der Waals surface area contributed by atoms with Crippen LogP contribution in [-0.2, 0) is 51.2 Å². The number of hydrogen-bond acceptors (Lipinski definition) is 11. The number of hydrogen-bond donors (Lipinski definition) is 12. The number of para-hydroxylation sites is 1. The fourth-order valence-electron chi connectivity index (χ4n) is 6.50. The van der Waals surface area contributed by atoms with Crippen LogP contribution in [0.3, 0.4) is 0 Å². The van der Waals surface area contributed by atoms with Gasteiger partial charge in [0, 0.05) is 43.3 Å². The number of nitrogens with one attached hydrogen (secondary N) is 7. The first kappa shape index (κ1) is 48.8. The third-order valence-electron chi connectivity index (χ3n) is 9.74. The van der Waals surface area contributed by atoms with Crippen LogP contribution in [0.1, 0.15) is 69.4 Å². The van der Waals surface area contributed by atoms with Crippen molar-refractivity contribution in [2.75, 3.05) is 19.6 Å². The number of fused-ring (bicyclic) bond motifs is 1. The number of unbranched alkanes of at least 4 members (excludes halogenated alkanes) is 2. The van der Waals surface area contributed by atoms with Crippen LogP contribution in [0.15, 0.2) is 54.7 Å². The quantitative estimate of drug-likeness (QED) is 0.0381. The number of phenols is 1. The predicted octanol–water partition coefficient (Wildman–Crippen LogP) is -1.77. The second kappa shape index (κ2) is 25.2. The molecule has 332 valence electrons. The lowest BCUT2D eigenvalue weighted by atomic mass is 10.0. The molecule has 0 saturated heterocycles. The zero-order valence-electron chi connectivity index (χ0n) is 34.3. The first-order valence-corrected chi connectivity index (χ1v) is 20.2. The monoisotopic (exact) mass is 849 g/mol. The number of phenolic OH excluding ortho intramolecular Hbond substituents is 1. The molecule has 1 aromatic heterocycles. The number of benzene rings is 2. The summed E-state index contributed by atoms with van der Waals surface area (Å²) in [4.78, 5) is 107. The van der Waals surface area contributed by atoms with Crippen molar-refractivity contribution in [1.29, 1.82) is 0 Å². The average Bonchev–Trinajstić information content (AvgIpc) is 3.63. The minimum Gasteiger partial charge on any atom is -0.508 e. The molecule has 0 spiro atoms. The Morgan fingerprint density at radius 3 is 1.75 bits per heavy atom. The Bertz CT molecular complexity index is 1970. The molecule has 0 aliphatic heterocycles. The van der Waals surface area contributed by atoms with Gasteiger partial charge in [0.2, 0.25) is 47.3 Å². The highest BCUT2D eigenvalue weighted by molar-refractivity contribution is 5.97. The van der Waals surface area contributed by atoms with Crippen LogP contribution in [0.25, 0.3) is 10.9 Å². The van der Waals surface area contributed by atoms with Gasteiger partial charge in [-0.15, -0.1) is 0 Å². The molecule has 1 heterocycles. The van der Waals surface area contributed by atoms with Crippen molar-refractivity contribution in [1.82, 2.24) is 36.9 Å². The molecular weight excluding hydrogens is 791 g/mol. The van der Waals surface area contributed by atoms with Gasteiger partial charge in [0.1, 0.15) is 36.0 Å². The molecule has 3 rings (SSSR count). The first-order valence-electron chi connectivity index (χ1n) is 20.2. The van der Waals surface area contributed by atoms with E-state index in [0.29, 0.717) is 49.9 Å². The number of aromatic nitrogens is 1. The molecule has 0 aliphatic carbocycles. The van der Waals surface area contributed by atoms with Crippen LogP contribution in [0.4, 0.5) is 0 Å². The van der Waals surface area contributed by atoms with Gasteiger partial charge in [-0.2, -0.15) is 0 Å². The lowest BCUT2D eigenvalue weighted by Gasteiger charge is -2.26. The maximum absolute atomic E-state index is 14.2. The maximum atomic E-state index is 14.2. The normalized spacial score (nSPS) is 13.4. The summed E-state index contributed by atoms with van der Waals surface area (Å²) in [5.41, 5.74) is 24.1. The highest BCUT2D eigenvalue weighted by Gasteiger charge is 2.32. The number of H-pyrrole nitrogens is 1. The summed E-state index contributed by atoms with van der Waals surface area (Å²) in [6.07, 6.45) is 3.39. The molecule has 16 N–H and O–H groups in total. The van der Waals surface area contributed by atoms with Crippen LogP contribution < -0.4 is 54.8 Å². The smallest absolute Gasteiger partial charge is 0.243 e. The molecule has 5 atom stereocenters. The van der Waals surface area contributed by atoms with E-state index in [9.17, 15) is 43.5 Å². The van der Waals surface area contributed by atoms with Gasteiger partial charge in [-0.25, -0.2) is 0 Å². The van der Waals surface area contributed by atoms with E-state index >= 15 is 0 Å². The highest BCUT2D eigenvalue weighted by atomic mass is 16.3. The van der Waals surface area contributed by atoms with Gasteiger partial charge >= 0.3 is 0 Å². The van der Waals surface area contributed by atoms with Crippen LogP contribution in [0.2, 0.25) is 0 Å². The molecule has 0 unspecified atom stereocenters. The molecule has 0 bridgehead atoms. The number of carbonyl (C=O) groups excluding carboxylic acids is 8. The standard InChI is InChI=1S/C41H59N11O9/c1-24(53)48-33(20-25-12-14-27(54)15-13-25)38(58)47-23-36(56)49-34(21-26-22-46-29-9-3-2-8-28(26)29)41(61)52-32(11-5-7-19-43)40(60)51-31(10-4-6-18-42)39(59)50-30(37(45)57)16-17-35(44)55/h2-3,8-9,12-15,22,30-34,46,54H,4-7,10-11,16-21,23,42-43H2,1H3,(H2,44,55)(H2,45,57)(H,47,58)(H,48,53)(H,49,56)(H,50,59)(H,51,60)(H,52,61)/t30-,31-,32-,33-,34-/m0/s1. The molecule has 0 radical (unpaired) electrons. The zero-order chi connectivity index (χ0) is 44.9. The van der Waals surface area contributed by atoms with Gasteiger partial charge < -0.3 is 64.9 Å². The number of aromatic amines is 1. The van der Waals surface area contributed by atoms with Gasteiger partial charge in [-0.05, 0) is 87.4 Å². The largest absolute Gasteiger partial charge is 0.508 e. The van der Waals surface area contributed by atoms with Crippen molar-refractivity contribution in [2.24, 2.45) is 22.9 Å². The molecule has 61 heavy (non-hydrogen) atoms. The molecule has 8 amide bonds. The van der Waals surface area contributed by atoms with E-state index in [2.05, 4.69) is 36.9 Å². The van der Waals surface area contributed by atoms with Gasteiger partial charge in [-0.3, -0.25) is 38.4 Å². The van der Waals surface area contributed by atoms with E-state index < -0.39 is 84.0 Å². The summed E-state index contributed by atoms with van der Waals surface area (Å²) in [7, 11) is 0. The van der Waals surface area contributed by atoms with Gasteiger partial charge in [-0.1, -0.05) is 30.3 Å². The number of nitrogens with two attached hydrogens (primary N) is 4. The van der Waals surface area contributed by atoms with Crippen LogP contribution >= 0.6 is 0 Å². The van der Waals surface area contributed by atoms with Crippen molar-refractivity contribution < 1.29 is 43.5 Å². The second-order valence-electron chi connectivity index (χ2n) is 14.7. The summed E-state index contributed by atoms with van der Waals surface area (Å²) in [6.45, 7) is 1.28. The van der Waals surface area contributed by atoms with Crippen LogP contribution in [0, 0.1) is 0 Å². The van der Waals surface area contributed by atoms with Crippen molar-refractivity contribution in [3.8, 4) is 5.75 Å². The Hall–Kier alpha value is -6.54. The Labute approximate surface area is 353 Å². The number of rotatable bonds is 27. The maximum Gasteiger partial charge on any atom is 0.243 e. The average molecular weight is 850 g/mol. The van der Waals surface area contributed by atoms with Crippen molar-refractivity contribution in [2.45, 2.75) is 101 Å². The van der Waals surface area contributed by atoms with E-state index in [1.54, 1.807) is 18.3 Å². The second-order valence-corrected chi connectivity index (χ2v) is 14.7. The van der Waals surface area contributed by atoms with Crippen LogP contribution in [-0.4, -0.2) is 107 Å². The minimum absolute atomic E-state index is 0.0227. The molecule has 0 aliphatic rings. The van der Waals surface area contributed by atoms with E-state index in [0.717, 1.165) is 10.9 Å². The number of primary amides is 2. The lowest BCUT2D eigenvalue weighted by Crippen LogP contribution is -2.58. The third kappa shape index (κ3) is 16.9. The number of amides is 8. The van der Waals surface area contributed by atoms with Gasteiger partial charge in [0.05, 0.1) is 6.54 Å². The molecule has 0 saturated carbocycles. The SMILES string of the molecule is CC(=O)N[C@@H](Cc1ccc(O)cc1)C(=O)NCC(=O)N[C@@H](Cc1c[nH]c2ccccc12)C(=O)N[C@@H](CCCCN)C(=O)N[C@@H](CCCCN)C(=O)N[C@@H](CCC(N)=O)C(N)=O. The zero-order valence-corrected chi connectivity index (χ0v) is 34.3. The predicted molar refractivity (Wildman–Crippen MR) is 226 cm³/mol. The first-order chi connectivity index (χ1) is 29.1. The number of carbonyl (C=O) groups is 8.